The summed E-state index contributed by atoms with van der Waals surface area (Å²) in [6, 6.07) is 11.1. The van der Waals surface area contributed by atoms with Crippen LogP contribution in [0.25, 0.3) is 6.08 Å². The average Bonchev–Trinajstić information content (AvgIpc) is 3.09. The second kappa shape index (κ2) is 7.74. The zero-order valence-electron chi connectivity index (χ0n) is 14.6. The van der Waals surface area contributed by atoms with E-state index in [-0.39, 0.29) is 19.3 Å². The molecule has 1 N–H and O–H groups in total. The van der Waals surface area contributed by atoms with Gasteiger partial charge in [0.25, 0.3) is 5.91 Å². The molecule has 6 nitrogen and oxygen atoms in total. The van der Waals surface area contributed by atoms with Crippen molar-refractivity contribution in [3.8, 4) is 11.5 Å². The molecule has 2 aromatic rings. The van der Waals surface area contributed by atoms with Crippen LogP contribution in [0, 0.1) is 13.8 Å². The third-order valence-corrected chi connectivity index (χ3v) is 3.82. The van der Waals surface area contributed by atoms with Crippen LogP contribution in [0.3, 0.4) is 0 Å². The summed E-state index contributed by atoms with van der Waals surface area (Å²) in [5.41, 5.74) is 3.46. The van der Waals surface area contributed by atoms with E-state index in [1.165, 1.54) is 6.08 Å². The van der Waals surface area contributed by atoms with Crippen molar-refractivity contribution in [3.05, 3.63) is 59.2 Å². The number of rotatable bonds is 5. The zero-order valence-corrected chi connectivity index (χ0v) is 14.6. The monoisotopic (exact) mass is 353 g/mol. The zero-order chi connectivity index (χ0) is 18.5. The molecule has 0 spiro atoms. The summed E-state index contributed by atoms with van der Waals surface area (Å²) >= 11 is 0. The molecule has 0 atom stereocenters. The quantitative estimate of drug-likeness (QED) is 0.660. The van der Waals surface area contributed by atoms with Gasteiger partial charge in [-0.1, -0.05) is 18.2 Å². The molecule has 1 heterocycles. The third-order valence-electron chi connectivity index (χ3n) is 3.82. The van der Waals surface area contributed by atoms with Gasteiger partial charge in [-0.15, -0.1) is 0 Å². The van der Waals surface area contributed by atoms with Crippen molar-refractivity contribution in [1.82, 2.24) is 0 Å². The van der Waals surface area contributed by atoms with Crippen LogP contribution in [0.15, 0.2) is 42.5 Å². The van der Waals surface area contributed by atoms with E-state index < -0.39 is 5.97 Å². The maximum Gasteiger partial charge on any atom is 0.331 e. The van der Waals surface area contributed by atoms with Gasteiger partial charge in [-0.3, -0.25) is 4.79 Å². The standard InChI is InChI=1S/C20H19NO5/c1-13-3-4-14(2)16(9-13)21-19(22)11-24-20(23)8-6-15-5-7-17-18(10-15)26-12-25-17/h3-10H,11-12H2,1-2H3,(H,21,22). The van der Waals surface area contributed by atoms with Gasteiger partial charge in [0, 0.05) is 11.8 Å². The lowest BCUT2D eigenvalue weighted by Gasteiger charge is -2.09. The van der Waals surface area contributed by atoms with Crippen LogP contribution in [-0.4, -0.2) is 25.3 Å². The summed E-state index contributed by atoms with van der Waals surface area (Å²) in [4.78, 5) is 23.7. The minimum absolute atomic E-state index is 0.195. The molecule has 0 unspecified atom stereocenters. The van der Waals surface area contributed by atoms with Crippen LogP contribution in [0.5, 0.6) is 11.5 Å². The first-order valence-corrected chi connectivity index (χ1v) is 8.13. The van der Waals surface area contributed by atoms with E-state index in [9.17, 15) is 9.59 Å². The maximum absolute atomic E-state index is 11.9. The Morgan fingerprint density at radius 1 is 1.12 bits per heavy atom. The van der Waals surface area contributed by atoms with Crippen LogP contribution in [0.1, 0.15) is 16.7 Å². The smallest absolute Gasteiger partial charge is 0.331 e. The summed E-state index contributed by atoms with van der Waals surface area (Å²) < 4.78 is 15.5. The molecule has 2 aromatic carbocycles. The molecule has 0 saturated carbocycles. The Kier molecular flexibility index (Phi) is 5.22. The highest BCUT2D eigenvalue weighted by Gasteiger charge is 2.12. The Hall–Kier alpha value is -3.28. The highest BCUT2D eigenvalue weighted by atomic mass is 16.7. The molecule has 1 aliphatic heterocycles. The lowest BCUT2D eigenvalue weighted by molar-refractivity contribution is -0.142. The topological polar surface area (TPSA) is 73.9 Å². The number of hydrogen-bond donors (Lipinski definition) is 1. The van der Waals surface area contributed by atoms with Gasteiger partial charge in [0.2, 0.25) is 6.79 Å². The second-order valence-electron chi connectivity index (χ2n) is 5.92. The van der Waals surface area contributed by atoms with Crippen molar-refractivity contribution in [2.24, 2.45) is 0 Å². The van der Waals surface area contributed by atoms with E-state index in [2.05, 4.69) is 5.32 Å². The molecule has 6 heteroatoms. The minimum Gasteiger partial charge on any atom is -0.454 e. The van der Waals surface area contributed by atoms with Crippen LogP contribution in [0.4, 0.5) is 5.69 Å². The van der Waals surface area contributed by atoms with Crippen LogP contribution in [-0.2, 0) is 14.3 Å². The Morgan fingerprint density at radius 3 is 2.77 bits per heavy atom. The summed E-state index contributed by atoms with van der Waals surface area (Å²) in [5.74, 6) is 0.323. The van der Waals surface area contributed by atoms with E-state index in [0.29, 0.717) is 17.2 Å². The molecule has 3 rings (SSSR count). The number of carbonyl (C=O) groups excluding carboxylic acids is 2. The predicted octanol–water partition coefficient (Wildman–Crippen LogP) is 3.23. The average molecular weight is 353 g/mol. The molecule has 0 bridgehead atoms. The number of hydrogen-bond acceptors (Lipinski definition) is 5. The van der Waals surface area contributed by atoms with Gasteiger partial charge in [-0.05, 0) is 54.8 Å². The van der Waals surface area contributed by atoms with Crippen molar-refractivity contribution >= 4 is 23.6 Å². The van der Waals surface area contributed by atoms with Crippen molar-refractivity contribution in [2.75, 3.05) is 18.7 Å². The van der Waals surface area contributed by atoms with Crippen LogP contribution < -0.4 is 14.8 Å². The van der Waals surface area contributed by atoms with Crippen molar-refractivity contribution < 1.29 is 23.8 Å². The predicted molar refractivity (Wildman–Crippen MR) is 97.1 cm³/mol. The number of amides is 1. The van der Waals surface area contributed by atoms with E-state index in [4.69, 9.17) is 14.2 Å². The van der Waals surface area contributed by atoms with E-state index in [0.717, 1.165) is 16.7 Å². The number of anilines is 1. The van der Waals surface area contributed by atoms with Crippen LogP contribution >= 0.6 is 0 Å². The Morgan fingerprint density at radius 2 is 1.92 bits per heavy atom. The van der Waals surface area contributed by atoms with Crippen LogP contribution in [0.2, 0.25) is 0 Å². The van der Waals surface area contributed by atoms with Gasteiger partial charge >= 0.3 is 5.97 Å². The largest absolute Gasteiger partial charge is 0.454 e. The molecule has 0 radical (unpaired) electrons. The van der Waals surface area contributed by atoms with E-state index >= 15 is 0 Å². The minimum atomic E-state index is -0.598. The molecule has 0 aliphatic carbocycles. The number of nitrogens with one attached hydrogen (secondary N) is 1. The number of benzene rings is 2. The molecule has 1 aliphatic rings. The Balaban J connectivity index is 1.50. The van der Waals surface area contributed by atoms with Gasteiger partial charge in [0.15, 0.2) is 18.1 Å². The Labute approximate surface area is 151 Å². The molecule has 26 heavy (non-hydrogen) atoms. The second-order valence-corrected chi connectivity index (χ2v) is 5.92. The van der Waals surface area contributed by atoms with Gasteiger partial charge in [-0.25, -0.2) is 4.79 Å². The molecule has 0 fully saturated rings. The van der Waals surface area contributed by atoms with Crippen molar-refractivity contribution in [3.63, 3.8) is 0 Å². The first-order valence-electron chi connectivity index (χ1n) is 8.13. The number of fused-ring (bicyclic) bond motifs is 1. The van der Waals surface area contributed by atoms with Gasteiger partial charge < -0.3 is 19.5 Å². The number of carbonyl (C=O) groups is 2. The summed E-state index contributed by atoms with van der Waals surface area (Å²) in [5, 5.41) is 2.74. The number of aryl methyl sites for hydroxylation is 2. The summed E-state index contributed by atoms with van der Waals surface area (Å²) in [6.07, 6.45) is 2.86. The number of esters is 1. The highest BCUT2D eigenvalue weighted by molar-refractivity contribution is 5.95. The lowest BCUT2D eigenvalue weighted by atomic mass is 10.1. The normalized spacial score (nSPS) is 12.2. The first kappa shape index (κ1) is 17.5. The molecular weight excluding hydrogens is 334 g/mol. The fraction of sp³-hybridized carbons (Fsp3) is 0.200. The maximum atomic E-state index is 11.9. The van der Waals surface area contributed by atoms with E-state index in [1.54, 1.807) is 24.3 Å². The lowest BCUT2D eigenvalue weighted by Crippen LogP contribution is -2.20. The molecule has 0 saturated heterocycles. The van der Waals surface area contributed by atoms with Gasteiger partial charge in [0.05, 0.1) is 0 Å². The molecule has 0 aromatic heterocycles. The molecule has 1 amide bonds. The SMILES string of the molecule is Cc1ccc(C)c(NC(=O)COC(=O)C=Cc2ccc3c(c2)OCO3)c1. The fourth-order valence-electron chi connectivity index (χ4n) is 2.42. The number of ether oxygens (including phenoxy) is 3. The first-order chi connectivity index (χ1) is 12.5. The van der Waals surface area contributed by atoms with Crippen molar-refractivity contribution in [2.45, 2.75) is 13.8 Å². The van der Waals surface area contributed by atoms with Crippen molar-refractivity contribution in [1.29, 1.82) is 0 Å². The highest BCUT2D eigenvalue weighted by Crippen LogP contribution is 2.32. The fourth-order valence-corrected chi connectivity index (χ4v) is 2.42. The Bertz CT molecular complexity index is 873. The molecule has 134 valence electrons. The summed E-state index contributed by atoms with van der Waals surface area (Å²) in [7, 11) is 0. The molecular formula is C20H19NO5. The van der Waals surface area contributed by atoms with Gasteiger partial charge in [-0.2, -0.15) is 0 Å². The third kappa shape index (κ3) is 4.42. The summed E-state index contributed by atoms with van der Waals surface area (Å²) in [6.45, 7) is 3.68. The van der Waals surface area contributed by atoms with E-state index in [1.807, 2.05) is 32.0 Å². The van der Waals surface area contributed by atoms with Gasteiger partial charge in [0.1, 0.15) is 0 Å².